The highest BCUT2D eigenvalue weighted by Gasteiger charge is 2.09. The number of pyridine rings is 1. The SMILES string of the molecule is COc1ccc(N)c(NC(C)c2cccc(Br)c2)n1. The molecular formula is C14H16BrN3O. The van der Waals surface area contributed by atoms with Gasteiger partial charge < -0.3 is 15.8 Å². The fourth-order valence-corrected chi connectivity index (χ4v) is 2.16. The van der Waals surface area contributed by atoms with E-state index in [2.05, 4.69) is 45.3 Å². The molecular weight excluding hydrogens is 306 g/mol. The summed E-state index contributed by atoms with van der Waals surface area (Å²) in [6.45, 7) is 2.06. The number of nitrogens with one attached hydrogen (secondary N) is 1. The van der Waals surface area contributed by atoms with Crippen LogP contribution < -0.4 is 15.8 Å². The molecule has 1 unspecified atom stereocenters. The maximum atomic E-state index is 5.91. The van der Waals surface area contributed by atoms with Crippen LogP contribution >= 0.6 is 15.9 Å². The zero-order valence-electron chi connectivity index (χ0n) is 10.9. The molecule has 2 aromatic rings. The Morgan fingerprint density at radius 2 is 2.11 bits per heavy atom. The Kier molecular flexibility index (Phi) is 4.27. The predicted molar refractivity (Wildman–Crippen MR) is 81.4 cm³/mol. The summed E-state index contributed by atoms with van der Waals surface area (Å²) in [5.74, 6) is 1.17. The lowest BCUT2D eigenvalue weighted by molar-refractivity contribution is 0.398. The highest BCUT2D eigenvalue weighted by molar-refractivity contribution is 9.10. The summed E-state index contributed by atoms with van der Waals surface area (Å²) < 4.78 is 6.15. The van der Waals surface area contributed by atoms with Crippen molar-refractivity contribution >= 4 is 27.4 Å². The van der Waals surface area contributed by atoms with Gasteiger partial charge in [-0.15, -0.1) is 0 Å². The van der Waals surface area contributed by atoms with Gasteiger partial charge in [-0.1, -0.05) is 28.1 Å². The topological polar surface area (TPSA) is 60.2 Å². The van der Waals surface area contributed by atoms with Gasteiger partial charge in [-0.3, -0.25) is 0 Å². The molecule has 0 aliphatic carbocycles. The van der Waals surface area contributed by atoms with Gasteiger partial charge in [0, 0.05) is 10.5 Å². The second kappa shape index (κ2) is 5.93. The van der Waals surface area contributed by atoms with Crippen molar-refractivity contribution in [3.05, 3.63) is 46.4 Å². The van der Waals surface area contributed by atoms with Gasteiger partial charge in [0.05, 0.1) is 18.8 Å². The molecule has 0 radical (unpaired) electrons. The third-order valence-electron chi connectivity index (χ3n) is 2.81. The van der Waals surface area contributed by atoms with Gasteiger partial charge in [-0.2, -0.15) is 4.98 Å². The van der Waals surface area contributed by atoms with Crippen molar-refractivity contribution in [2.75, 3.05) is 18.2 Å². The maximum Gasteiger partial charge on any atom is 0.215 e. The van der Waals surface area contributed by atoms with E-state index >= 15 is 0 Å². The summed E-state index contributed by atoms with van der Waals surface area (Å²) in [6, 6.07) is 11.7. The highest BCUT2D eigenvalue weighted by atomic mass is 79.9. The molecule has 2 rings (SSSR count). The lowest BCUT2D eigenvalue weighted by Gasteiger charge is -2.17. The van der Waals surface area contributed by atoms with E-state index in [1.807, 2.05) is 12.1 Å². The molecule has 19 heavy (non-hydrogen) atoms. The summed E-state index contributed by atoms with van der Waals surface area (Å²) in [6.07, 6.45) is 0. The van der Waals surface area contributed by atoms with Crippen LogP contribution in [0.25, 0.3) is 0 Å². The van der Waals surface area contributed by atoms with Crippen molar-refractivity contribution in [1.82, 2.24) is 4.98 Å². The standard InChI is InChI=1S/C14H16BrN3O/c1-9(10-4-3-5-11(15)8-10)17-14-12(16)6-7-13(18-14)19-2/h3-9H,16H2,1-2H3,(H,17,18). The number of benzene rings is 1. The quantitative estimate of drug-likeness (QED) is 0.903. The molecule has 1 aromatic carbocycles. The van der Waals surface area contributed by atoms with Crippen LogP contribution in [0.5, 0.6) is 5.88 Å². The minimum atomic E-state index is 0.0967. The van der Waals surface area contributed by atoms with Gasteiger partial charge in [0.15, 0.2) is 5.82 Å². The molecule has 0 aliphatic heterocycles. The average molecular weight is 322 g/mol. The maximum absolute atomic E-state index is 5.91. The lowest BCUT2D eigenvalue weighted by Crippen LogP contribution is -2.10. The number of nitrogens with zero attached hydrogens (tertiary/aromatic N) is 1. The van der Waals surface area contributed by atoms with E-state index in [1.54, 1.807) is 19.2 Å². The van der Waals surface area contributed by atoms with Crippen molar-refractivity contribution in [2.24, 2.45) is 0 Å². The second-order valence-electron chi connectivity index (χ2n) is 4.21. The summed E-state index contributed by atoms with van der Waals surface area (Å²) in [5, 5.41) is 3.29. The van der Waals surface area contributed by atoms with E-state index in [-0.39, 0.29) is 6.04 Å². The van der Waals surface area contributed by atoms with Gasteiger partial charge in [0.1, 0.15) is 0 Å². The van der Waals surface area contributed by atoms with Crippen LogP contribution in [0.1, 0.15) is 18.5 Å². The van der Waals surface area contributed by atoms with Crippen LogP contribution in [-0.4, -0.2) is 12.1 Å². The number of anilines is 2. The van der Waals surface area contributed by atoms with Crippen molar-refractivity contribution in [3.63, 3.8) is 0 Å². The number of rotatable bonds is 4. The van der Waals surface area contributed by atoms with Crippen LogP contribution in [0.4, 0.5) is 11.5 Å². The Morgan fingerprint density at radius 3 is 2.79 bits per heavy atom. The third kappa shape index (κ3) is 3.38. The third-order valence-corrected chi connectivity index (χ3v) is 3.31. The van der Waals surface area contributed by atoms with Gasteiger partial charge >= 0.3 is 0 Å². The second-order valence-corrected chi connectivity index (χ2v) is 5.13. The first-order valence-corrected chi connectivity index (χ1v) is 6.72. The monoisotopic (exact) mass is 321 g/mol. The van der Waals surface area contributed by atoms with Crippen molar-refractivity contribution in [2.45, 2.75) is 13.0 Å². The Hall–Kier alpha value is -1.75. The molecule has 5 heteroatoms. The number of halogens is 1. The Labute approximate surface area is 121 Å². The Morgan fingerprint density at radius 1 is 1.32 bits per heavy atom. The zero-order chi connectivity index (χ0) is 13.8. The average Bonchev–Trinajstić information content (AvgIpc) is 2.41. The van der Waals surface area contributed by atoms with Crippen molar-refractivity contribution in [1.29, 1.82) is 0 Å². The fourth-order valence-electron chi connectivity index (χ4n) is 1.75. The number of aromatic nitrogens is 1. The van der Waals surface area contributed by atoms with Gasteiger partial charge in [-0.25, -0.2) is 0 Å². The van der Waals surface area contributed by atoms with Crippen LogP contribution in [0.2, 0.25) is 0 Å². The molecule has 4 nitrogen and oxygen atoms in total. The van der Waals surface area contributed by atoms with Gasteiger partial charge in [0.2, 0.25) is 5.88 Å². The number of ether oxygens (including phenoxy) is 1. The van der Waals surface area contributed by atoms with Crippen LogP contribution in [-0.2, 0) is 0 Å². The smallest absolute Gasteiger partial charge is 0.215 e. The summed E-state index contributed by atoms with van der Waals surface area (Å²) >= 11 is 3.47. The summed E-state index contributed by atoms with van der Waals surface area (Å²) in [4.78, 5) is 4.31. The largest absolute Gasteiger partial charge is 0.481 e. The molecule has 0 saturated carbocycles. The minimum Gasteiger partial charge on any atom is -0.481 e. The first-order chi connectivity index (χ1) is 9.10. The highest BCUT2D eigenvalue weighted by Crippen LogP contribution is 2.25. The Bertz CT molecular complexity index is 574. The number of nitrogens with two attached hydrogens (primary N) is 1. The van der Waals surface area contributed by atoms with E-state index in [0.29, 0.717) is 17.4 Å². The molecule has 1 atom stereocenters. The lowest BCUT2D eigenvalue weighted by atomic mass is 10.1. The van der Waals surface area contributed by atoms with E-state index < -0.39 is 0 Å². The van der Waals surface area contributed by atoms with Crippen molar-refractivity contribution in [3.8, 4) is 5.88 Å². The molecule has 0 aliphatic rings. The predicted octanol–water partition coefficient (Wildman–Crippen LogP) is 3.61. The molecule has 0 amide bonds. The van der Waals surface area contributed by atoms with E-state index in [1.165, 1.54) is 0 Å². The number of hydrogen-bond acceptors (Lipinski definition) is 4. The number of nitrogen functional groups attached to an aromatic ring is 1. The molecule has 0 saturated heterocycles. The first-order valence-electron chi connectivity index (χ1n) is 5.92. The van der Waals surface area contributed by atoms with Crippen LogP contribution in [0, 0.1) is 0 Å². The molecule has 1 heterocycles. The molecule has 0 fully saturated rings. The van der Waals surface area contributed by atoms with Crippen LogP contribution in [0.3, 0.4) is 0 Å². The first kappa shape index (κ1) is 13.7. The van der Waals surface area contributed by atoms with E-state index in [9.17, 15) is 0 Å². The van der Waals surface area contributed by atoms with Gasteiger partial charge in [0.25, 0.3) is 0 Å². The normalized spacial score (nSPS) is 11.9. The molecule has 3 N–H and O–H groups in total. The van der Waals surface area contributed by atoms with Crippen LogP contribution in [0.15, 0.2) is 40.9 Å². The number of methoxy groups -OCH3 is 1. The molecule has 100 valence electrons. The summed E-state index contributed by atoms with van der Waals surface area (Å²) in [5.41, 5.74) is 7.66. The molecule has 0 bridgehead atoms. The van der Waals surface area contributed by atoms with Gasteiger partial charge in [-0.05, 0) is 30.7 Å². The minimum absolute atomic E-state index is 0.0967. The Balaban J connectivity index is 2.21. The van der Waals surface area contributed by atoms with E-state index in [4.69, 9.17) is 10.5 Å². The molecule has 1 aromatic heterocycles. The zero-order valence-corrected chi connectivity index (χ0v) is 12.4. The van der Waals surface area contributed by atoms with Crippen molar-refractivity contribution < 1.29 is 4.74 Å². The fraction of sp³-hybridized carbons (Fsp3) is 0.214. The summed E-state index contributed by atoms with van der Waals surface area (Å²) in [7, 11) is 1.58. The number of hydrogen-bond donors (Lipinski definition) is 2. The van der Waals surface area contributed by atoms with E-state index in [0.717, 1.165) is 10.0 Å². The molecule has 0 spiro atoms.